The summed E-state index contributed by atoms with van der Waals surface area (Å²) in [4.78, 5) is 31.6. The Bertz CT molecular complexity index is 1080. The van der Waals surface area contributed by atoms with Gasteiger partial charge in [0.2, 0.25) is 0 Å². The van der Waals surface area contributed by atoms with Crippen LogP contribution in [0.15, 0.2) is 65.7 Å². The summed E-state index contributed by atoms with van der Waals surface area (Å²) in [5.74, 6) is 0.0340. The Labute approximate surface area is 176 Å². The molecule has 156 valence electrons. The van der Waals surface area contributed by atoms with Crippen LogP contribution >= 0.6 is 0 Å². The molecule has 1 N–H and O–H groups in total. The predicted octanol–water partition coefficient (Wildman–Crippen LogP) is 3.43. The number of hydrogen-bond acceptors (Lipinski definition) is 3. The predicted molar refractivity (Wildman–Crippen MR) is 120 cm³/mol. The smallest absolute Gasteiger partial charge is 0.330 e. The first kappa shape index (κ1) is 20.0. The Kier molecular flexibility index (Phi) is 5.24. The summed E-state index contributed by atoms with van der Waals surface area (Å²) in [6, 6.07) is 15.7. The number of imidazole rings is 1. The van der Waals surface area contributed by atoms with Crippen molar-refractivity contribution < 1.29 is 4.79 Å². The average Bonchev–Trinajstić information content (AvgIpc) is 3.19. The molecule has 6 nitrogen and oxygen atoms in total. The van der Waals surface area contributed by atoms with Gasteiger partial charge >= 0.3 is 5.69 Å². The van der Waals surface area contributed by atoms with Crippen LogP contribution in [0.25, 0.3) is 5.69 Å². The average molecular weight is 405 g/mol. The molecule has 30 heavy (non-hydrogen) atoms. The van der Waals surface area contributed by atoms with E-state index in [1.807, 2.05) is 4.90 Å². The van der Waals surface area contributed by atoms with Gasteiger partial charge in [-0.15, -0.1) is 0 Å². The van der Waals surface area contributed by atoms with Gasteiger partial charge in [-0.1, -0.05) is 39.0 Å². The minimum atomic E-state index is -0.194. The van der Waals surface area contributed by atoms with Crippen molar-refractivity contribution in [3.05, 3.63) is 82.5 Å². The van der Waals surface area contributed by atoms with E-state index >= 15 is 0 Å². The van der Waals surface area contributed by atoms with E-state index in [9.17, 15) is 9.59 Å². The van der Waals surface area contributed by atoms with E-state index in [1.54, 1.807) is 36.7 Å². The van der Waals surface area contributed by atoms with E-state index in [0.717, 1.165) is 18.8 Å². The lowest BCUT2D eigenvalue weighted by Crippen LogP contribution is -2.49. The number of nitrogens with one attached hydrogen (secondary N) is 1. The third-order valence-electron chi connectivity index (χ3n) is 5.66. The number of para-hydroxylation sites is 1. The number of carbonyl (C=O) groups is 1. The summed E-state index contributed by atoms with van der Waals surface area (Å²) >= 11 is 0. The number of nitrogens with zero attached hydrogens (tertiary/aromatic N) is 3. The number of benzene rings is 2. The number of aromatic amines is 1. The van der Waals surface area contributed by atoms with Crippen LogP contribution in [0.1, 0.15) is 36.7 Å². The van der Waals surface area contributed by atoms with Crippen LogP contribution in [0.5, 0.6) is 0 Å². The second kappa shape index (κ2) is 7.86. The Balaban J connectivity index is 1.44. The van der Waals surface area contributed by atoms with Gasteiger partial charge in [-0.05, 0) is 41.3 Å². The molecular weight excluding hydrogens is 376 g/mol. The number of aromatic nitrogens is 2. The molecule has 0 saturated carbocycles. The molecule has 6 heteroatoms. The largest absolute Gasteiger partial charge is 0.368 e. The van der Waals surface area contributed by atoms with Crippen LogP contribution in [-0.2, 0) is 5.41 Å². The number of rotatable bonds is 3. The Hall–Kier alpha value is -3.28. The molecule has 1 aliphatic heterocycles. The third kappa shape index (κ3) is 3.90. The lowest BCUT2D eigenvalue weighted by atomic mass is 9.85. The first-order chi connectivity index (χ1) is 14.3. The van der Waals surface area contributed by atoms with Crippen molar-refractivity contribution >= 4 is 11.6 Å². The second-order valence-electron chi connectivity index (χ2n) is 8.73. The molecule has 0 atom stereocenters. The van der Waals surface area contributed by atoms with E-state index < -0.39 is 0 Å². The van der Waals surface area contributed by atoms with Crippen molar-refractivity contribution in [2.45, 2.75) is 26.2 Å². The Morgan fingerprint density at radius 3 is 2.20 bits per heavy atom. The number of H-pyrrole nitrogens is 1. The number of anilines is 1. The highest BCUT2D eigenvalue weighted by Crippen LogP contribution is 2.32. The zero-order valence-electron chi connectivity index (χ0n) is 17.8. The molecule has 1 aliphatic rings. The molecule has 0 spiro atoms. The highest BCUT2D eigenvalue weighted by molar-refractivity contribution is 5.94. The van der Waals surface area contributed by atoms with Crippen LogP contribution in [-0.4, -0.2) is 46.5 Å². The Morgan fingerprint density at radius 2 is 1.60 bits per heavy atom. The van der Waals surface area contributed by atoms with E-state index in [2.05, 4.69) is 54.9 Å². The van der Waals surface area contributed by atoms with Crippen molar-refractivity contribution in [2.75, 3.05) is 31.1 Å². The minimum Gasteiger partial charge on any atom is -0.368 e. The standard InChI is InChI=1S/C24H28N4O2/c1-24(2,3)20-6-4-5-7-21(20)26-14-16-27(17-15-26)22(29)18-8-10-19(11-9-18)28-13-12-25-23(28)30/h4-13H,14-17H2,1-3H3,(H,25,30). The maximum absolute atomic E-state index is 13.0. The van der Waals surface area contributed by atoms with Crippen LogP contribution in [0.4, 0.5) is 5.69 Å². The highest BCUT2D eigenvalue weighted by Gasteiger charge is 2.26. The van der Waals surface area contributed by atoms with Crippen LogP contribution in [0.3, 0.4) is 0 Å². The molecule has 1 saturated heterocycles. The molecule has 4 rings (SSSR count). The summed E-state index contributed by atoms with van der Waals surface area (Å²) < 4.78 is 1.51. The number of carbonyl (C=O) groups excluding carboxylic acids is 1. The number of hydrogen-bond donors (Lipinski definition) is 1. The van der Waals surface area contributed by atoms with Crippen LogP contribution in [0.2, 0.25) is 0 Å². The topological polar surface area (TPSA) is 61.3 Å². The van der Waals surface area contributed by atoms with E-state index in [-0.39, 0.29) is 17.0 Å². The molecule has 0 aliphatic carbocycles. The van der Waals surface area contributed by atoms with Crippen molar-refractivity contribution in [3.63, 3.8) is 0 Å². The summed E-state index contributed by atoms with van der Waals surface area (Å²) in [7, 11) is 0. The molecule has 0 unspecified atom stereocenters. The number of amides is 1. The summed E-state index contributed by atoms with van der Waals surface area (Å²) in [6.07, 6.45) is 3.27. The minimum absolute atomic E-state index is 0.0340. The first-order valence-electron chi connectivity index (χ1n) is 10.3. The lowest BCUT2D eigenvalue weighted by molar-refractivity contribution is 0.0746. The molecule has 0 radical (unpaired) electrons. The van der Waals surface area contributed by atoms with Gasteiger partial charge in [-0.2, -0.15) is 0 Å². The fraction of sp³-hybridized carbons (Fsp3) is 0.333. The van der Waals surface area contributed by atoms with Gasteiger partial charge in [-0.25, -0.2) is 4.79 Å². The van der Waals surface area contributed by atoms with Crippen molar-refractivity contribution in [2.24, 2.45) is 0 Å². The molecular formula is C24H28N4O2. The summed E-state index contributed by atoms with van der Waals surface area (Å²) in [5.41, 5.74) is 3.86. The zero-order chi connectivity index (χ0) is 21.3. The molecule has 1 fully saturated rings. The maximum Gasteiger partial charge on any atom is 0.330 e. The van der Waals surface area contributed by atoms with Gasteiger partial charge in [0.05, 0.1) is 5.69 Å². The maximum atomic E-state index is 13.0. The van der Waals surface area contributed by atoms with Gasteiger partial charge in [0.1, 0.15) is 0 Å². The quantitative estimate of drug-likeness (QED) is 0.728. The van der Waals surface area contributed by atoms with Crippen molar-refractivity contribution in [1.82, 2.24) is 14.5 Å². The van der Waals surface area contributed by atoms with Gasteiger partial charge in [0.25, 0.3) is 5.91 Å². The summed E-state index contributed by atoms with van der Waals surface area (Å²) in [5, 5.41) is 0. The first-order valence-corrected chi connectivity index (χ1v) is 10.3. The third-order valence-corrected chi connectivity index (χ3v) is 5.66. The van der Waals surface area contributed by atoms with E-state index in [0.29, 0.717) is 18.7 Å². The van der Waals surface area contributed by atoms with E-state index in [4.69, 9.17) is 0 Å². The van der Waals surface area contributed by atoms with Crippen LogP contribution < -0.4 is 10.6 Å². The molecule has 3 aromatic rings. The van der Waals surface area contributed by atoms with Gasteiger partial charge < -0.3 is 14.8 Å². The van der Waals surface area contributed by atoms with Gasteiger partial charge in [0.15, 0.2) is 0 Å². The molecule has 2 aromatic carbocycles. The lowest BCUT2D eigenvalue weighted by Gasteiger charge is -2.38. The second-order valence-corrected chi connectivity index (χ2v) is 8.73. The van der Waals surface area contributed by atoms with Crippen molar-refractivity contribution in [3.8, 4) is 5.69 Å². The highest BCUT2D eigenvalue weighted by atomic mass is 16.2. The van der Waals surface area contributed by atoms with E-state index in [1.165, 1.54) is 15.8 Å². The fourth-order valence-corrected chi connectivity index (χ4v) is 4.00. The molecule has 0 bridgehead atoms. The monoisotopic (exact) mass is 404 g/mol. The Morgan fingerprint density at radius 1 is 0.933 bits per heavy atom. The van der Waals surface area contributed by atoms with Gasteiger partial charge in [-0.3, -0.25) is 9.36 Å². The molecule has 1 aromatic heterocycles. The SMILES string of the molecule is CC(C)(C)c1ccccc1N1CCN(C(=O)c2ccc(-n3cc[nH]c3=O)cc2)CC1. The molecule has 1 amide bonds. The van der Waals surface area contributed by atoms with Crippen molar-refractivity contribution in [1.29, 1.82) is 0 Å². The molecule has 2 heterocycles. The zero-order valence-corrected chi connectivity index (χ0v) is 17.8. The van der Waals surface area contributed by atoms with Crippen LogP contribution in [0, 0.1) is 0 Å². The van der Waals surface area contributed by atoms with Gasteiger partial charge in [0, 0.05) is 49.8 Å². The summed E-state index contributed by atoms with van der Waals surface area (Å²) in [6.45, 7) is 9.71. The fourth-order valence-electron chi connectivity index (χ4n) is 4.00. The normalized spacial score (nSPS) is 14.8. The number of piperazine rings is 1.